The molecular weight excluding hydrogens is 346 g/mol. The molecule has 0 aliphatic heterocycles. The van der Waals surface area contributed by atoms with Gasteiger partial charge in [-0.2, -0.15) is 5.21 Å². The molecule has 0 bridgehead atoms. The summed E-state index contributed by atoms with van der Waals surface area (Å²) in [5.41, 5.74) is 6.67. The monoisotopic (exact) mass is 375 g/mol. The van der Waals surface area contributed by atoms with Crippen LogP contribution >= 0.6 is 0 Å². The number of nitrogens with zero attached hydrogens (tertiary/aromatic N) is 4. The van der Waals surface area contributed by atoms with Crippen LogP contribution in [0.5, 0.6) is 0 Å². The van der Waals surface area contributed by atoms with Crippen molar-refractivity contribution < 1.29 is 9.90 Å². The average molecular weight is 375 g/mol. The van der Waals surface area contributed by atoms with Crippen LogP contribution in [0, 0.1) is 11.8 Å². The maximum absolute atomic E-state index is 11.9. The second-order valence-corrected chi connectivity index (χ2v) is 7.40. The summed E-state index contributed by atoms with van der Waals surface area (Å²) in [5, 5.41) is 27.1. The summed E-state index contributed by atoms with van der Waals surface area (Å²) in [7, 11) is 0. The molecule has 5 N–H and O–H groups in total. The Morgan fingerprint density at radius 2 is 2.11 bits per heavy atom. The highest BCUT2D eigenvalue weighted by molar-refractivity contribution is 5.71. The van der Waals surface area contributed by atoms with Crippen LogP contribution in [0.1, 0.15) is 50.9 Å². The smallest absolute Gasteiger partial charge is 0.307 e. The maximum Gasteiger partial charge on any atom is 0.307 e. The van der Waals surface area contributed by atoms with Gasteiger partial charge in [-0.25, -0.2) is 4.98 Å². The lowest BCUT2D eigenvalue weighted by molar-refractivity contribution is -0.143. The number of H-pyrrole nitrogens is 1. The lowest BCUT2D eigenvalue weighted by atomic mass is 9.81. The second kappa shape index (κ2) is 9.96. The summed E-state index contributed by atoms with van der Waals surface area (Å²) >= 11 is 0. The summed E-state index contributed by atoms with van der Waals surface area (Å²) in [6.07, 6.45) is 3.64. The van der Waals surface area contributed by atoms with Crippen molar-refractivity contribution in [1.29, 1.82) is 0 Å². The number of nitrogens with one attached hydrogen (secondary N) is 2. The number of carboxylic acid groups (broad SMARTS) is 1. The molecule has 0 amide bonds. The van der Waals surface area contributed by atoms with E-state index in [2.05, 4.69) is 30.9 Å². The Bertz CT molecular complexity index is 686. The number of tetrazole rings is 1. The molecule has 0 spiro atoms. The van der Waals surface area contributed by atoms with Gasteiger partial charge in [-0.05, 0) is 43.7 Å². The second-order valence-electron chi connectivity index (χ2n) is 7.40. The molecule has 0 aliphatic carbocycles. The van der Waals surface area contributed by atoms with Crippen molar-refractivity contribution in [2.75, 3.05) is 11.9 Å². The summed E-state index contributed by atoms with van der Waals surface area (Å²) in [6, 6.07) is 3.98. The topological polar surface area (TPSA) is 143 Å². The number of carbonyl (C=O) groups is 1. The van der Waals surface area contributed by atoms with Crippen LogP contribution in [0.3, 0.4) is 0 Å². The van der Waals surface area contributed by atoms with Gasteiger partial charge in [-0.3, -0.25) is 4.79 Å². The maximum atomic E-state index is 11.9. The van der Waals surface area contributed by atoms with Gasteiger partial charge in [0, 0.05) is 24.7 Å². The van der Waals surface area contributed by atoms with Gasteiger partial charge in [0.25, 0.3) is 0 Å². The zero-order valence-corrected chi connectivity index (χ0v) is 16.1. The van der Waals surface area contributed by atoms with E-state index in [4.69, 9.17) is 5.73 Å². The third-order valence-corrected chi connectivity index (χ3v) is 4.41. The van der Waals surface area contributed by atoms with Crippen molar-refractivity contribution in [3.8, 4) is 0 Å². The molecule has 0 aromatic carbocycles. The van der Waals surface area contributed by atoms with Gasteiger partial charge in [-0.15, -0.1) is 10.2 Å². The van der Waals surface area contributed by atoms with Crippen LogP contribution in [-0.4, -0.2) is 49.3 Å². The van der Waals surface area contributed by atoms with E-state index in [9.17, 15) is 9.90 Å². The zero-order valence-electron chi connectivity index (χ0n) is 16.1. The van der Waals surface area contributed by atoms with Gasteiger partial charge < -0.3 is 16.2 Å². The highest BCUT2D eigenvalue weighted by Crippen LogP contribution is 2.31. The summed E-state index contributed by atoms with van der Waals surface area (Å²) in [6.45, 7) is 6.73. The van der Waals surface area contributed by atoms with Gasteiger partial charge >= 0.3 is 5.97 Å². The van der Waals surface area contributed by atoms with Gasteiger partial charge in [0.1, 0.15) is 5.82 Å². The molecule has 0 aliphatic rings. The number of aromatic nitrogens is 5. The van der Waals surface area contributed by atoms with E-state index < -0.39 is 11.9 Å². The van der Waals surface area contributed by atoms with Crippen LogP contribution in [0.15, 0.2) is 18.3 Å². The van der Waals surface area contributed by atoms with E-state index in [1.165, 1.54) is 0 Å². The molecule has 2 aromatic rings. The minimum Gasteiger partial charge on any atom is -0.481 e. The molecule has 1 unspecified atom stereocenters. The summed E-state index contributed by atoms with van der Waals surface area (Å²) in [5.74, 6) is -0.376. The van der Waals surface area contributed by atoms with Gasteiger partial charge in [0.2, 0.25) is 0 Å². The van der Waals surface area contributed by atoms with Crippen molar-refractivity contribution in [3.05, 3.63) is 29.7 Å². The van der Waals surface area contributed by atoms with E-state index in [0.717, 1.165) is 24.3 Å². The number of nitrogens with two attached hydrogens (primary N) is 1. The number of pyridine rings is 1. The van der Waals surface area contributed by atoms with Crippen molar-refractivity contribution in [2.45, 2.75) is 52.0 Å². The fraction of sp³-hybridized carbons (Fsp3) is 0.611. The first-order chi connectivity index (χ1) is 12.9. The molecule has 0 saturated carbocycles. The first-order valence-corrected chi connectivity index (χ1v) is 9.27. The predicted octanol–water partition coefficient (Wildman–Crippen LogP) is 1.82. The average Bonchev–Trinajstić information content (AvgIpc) is 3.13. The number of hydrogen-bond acceptors (Lipinski definition) is 7. The van der Waals surface area contributed by atoms with Crippen molar-refractivity contribution >= 4 is 11.8 Å². The van der Waals surface area contributed by atoms with E-state index >= 15 is 0 Å². The molecule has 2 heterocycles. The van der Waals surface area contributed by atoms with Gasteiger partial charge in [-0.1, -0.05) is 25.1 Å². The molecule has 2 rings (SSSR count). The molecule has 148 valence electrons. The quantitative estimate of drug-likeness (QED) is 0.466. The molecule has 3 atom stereocenters. The molecule has 9 nitrogen and oxygen atoms in total. The first-order valence-electron chi connectivity index (χ1n) is 9.27. The zero-order chi connectivity index (χ0) is 19.8. The van der Waals surface area contributed by atoms with E-state index in [1.54, 1.807) is 6.20 Å². The van der Waals surface area contributed by atoms with E-state index in [0.29, 0.717) is 18.7 Å². The fourth-order valence-electron chi connectivity index (χ4n) is 3.02. The normalized spacial score (nSPS) is 14.7. The van der Waals surface area contributed by atoms with Gasteiger partial charge in [0.15, 0.2) is 5.82 Å². The molecule has 0 fully saturated rings. The summed E-state index contributed by atoms with van der Waals surface area (Å²) < 4.78 is 0. The fourth-order valence-corrected chi connectivity index (χ4v) is 3.02. The van der Waals surface area contributed by atoms with Gasteiger partial charge in [0.05, 0.1) is 5.92 Å². The number of hydrogen-bond donors (Lipinski definition) is 4. The Balaban J connectivity index is 2.12. The van der Waals surface area contributed by atoms with Crippen molar-refractivity contribution in [2.24, 2.45) is 17.6 Å². The third kappa shape index (κ3) is 6.59. The van der Waals surface area contributed by atoms with Crippen LogP contribution in [0.25, 0.3) is 0 Å². The standard InChI is InChI=1S/C18H29N7O2/c1-11(2)8-15(18(26)27)14(17-22-24-25-23-17)9-13-4-5-16(21-10-13)20-7-6-12(3)19/h4-5,10-12,14-15H,6-9,19H2,1-3H3,(H,20,21)(H,26,27)(H,22,23,24,25)/t12?,14-,15-/m0/s1. The molecule has 2 aromatic heterocycles. The molecule has 27 heavy (non-hydrogen) atoms. The predicted molar refractivity (Wildman–Crippen MR) is 102 cm³/mol. The Kier molecular flexibility index (Phi) is 7.66. The SMILES string of the molecule is CC(C)C[C@H](C(=O)O)[C@H](Cc1ccc(NCCC(C)N)nc1)c1nn[nH]n1. The lowest BCUT2D eigenvalue weighted by Gasteiger charge is -2.23. The minimum atomic E-state index is -0.847. The van der Waals surface area contributed by atoms with Crippen LogP contribution in [0.4, 0.5) is 5.82 Å². The Hall–Kier alpha value is -2.55. The largest absolute Gasteiger partial charge is 0.481 e. The lowest BCUT2D eigenvalue weighted by Crippen LogP contribution is -2.26. The molecule has 0 saturated heterocycles. The van der Waals surface area contributed by atoms with Crippen LogP contribution < -0.4 is 11.1 Å². The van der Waals surface area contributed by atoms with E-state index in [-0.39, 0.29) is 17.9 Å². The minimum absolute atomic E-state index is 0.140. The molecular formula is C18H29N7O2. The Labute approximate surface area is 159 Å². The van der Waals surface area contributed by atoms with Crippen LogP contribution in [0.2, 0.25) is 0 Å². The number of aliphatic carboxylic acids is 1. The highest BCUT2D eigenvalue weighted by atomic mass is 16.4. The number of aromatic amines is 1. The van der Waals surface area contributed by atoms with Crippen molar-refractivity contribution in [3.63, 3.8) is 0 Å². The highest BCUT2D eigenvalue weighted by Gasteiger charge is 2.33. The number of rotatable bonds is 11. The molecule has 9 heteroatoms. The Morgan fingerprint density at radius 3 is 2.63 bits per heavy atom. The van der Waals surface area contributed by atoms with Crippen LogP contribution in [-0.2, 0) is 11.2 Å². The first kappa shape index (κ1) is 20.8. The van der Waals surface area contributed by atoms with Crippen molar-refractivity contribution in [1.82, 2.24) is 25.6 Å². The number of carboxylic acids is 1. The summed E-state index contributed by atoms with van der Waals surface area (Å²) in [4.78, 5) is 16.3. The Morgan fingerprint density at radius 1 is 1.33 bits per heavy atom. The third-order valence-electron chi connectivity index (χ3n) is 4.41. The molecule has 0 radical (unpaired) electrons. The van der Waals surface area contributed by atoms with E-state index in [1.807, 2.05) is 32.9 Å². The number of anilines is 1.